The quantitative estimate of drug-likeness (QED) is 0.813. The zero-order chi connectivity index (χ0) is 12.4. The van der Waals surface area contributed by atoms with Gasteiger partial charge in [-0.2, -0.15) is 0 Å². The first-order chi connectivity index (χ1) is 8.09. The van der Waals surface area contributed by atoms with Gasteiger partial charge in [0.25, 0.3) is 0 Å². The fourth-order valence-electron chi connectivity index (χ4n) is 2.22. The van der Waals surface area contributed by atoms with E-state index in [2.05, 4.69) is 30.9 Å². The molecule has 0 bridgehead atoms. The largest absolute Gasteiger partial charge is 0.389 e. The molecular weight excluding hydrogens is 232 g/mol. The molecule has 0 radical (unpaired) electrons. The van der Waals surface area contributed by atoms with E-state index in [1.807, 2.05) is 6.07 Å². The van der Waals surface area contributed by atoms with Gasteiger partial charge in [-0.25, -0.2) is 0 Å². The van der Waals surface area contributed by atoms with Gasteiger partial charge in [-0.1, -0.05) is 12.2 Å². The van der Waals surface area contributed by atoms with Crippen LogP contribution in [0.1, 0.15) is 18.1 Å². The van der Waals surface area contributed by atoms with Crippen LogP contribution in [-0.2, 0) is 4.74 Å². The van der Waals surface area contributed by atoms with Gasteiger partial charge in [-0.3, -0.25) is 0 Å². The molecule has 1 saturated heterocycles. The van der Waals surface area contributed by atoms with Gasteiger partial charge in [0, 0.05) is 23.8 Å². The van der Waals surface area contributed by atoms with E-state index in [4.69, 9.17) is 22.7 Å². The molecule has 92 valence electrons. The standard InChI is InChI=1S/C13H18N2OS/c1-9-7-11(13(14)17)3-4-12(9)15-5-6-16-8-10(15)2/h3-4,7,10H,5-6,8H2,1-2H3,(H2,14,17). The lowest BCUT2D eigenvalue weighted by Crippen LogP contribution is -2.44. The van der Waals surface area contributed by atoms with Crippen molar-refractivity contribution in [1.82, 2.24) is 0 Å². The van der Waals surface area contributed by atoms with Crippen LogP contribution in [0.5, 0.6) is 0 Å². The van der Waals surface area contributed by atoms with E-state index < -0.39 is 0 Å². The molecule has 0 spiro atoms. The fraction of sp³-hybridized carbons (Fsp3) is 0.462. The second kappa shape index (κ2) is 5.02. The lowest BCUT2D eigenvalue weighted by Gasteiger charge is -2.36. The normalized spacial score (nSPS) is 20.4. The summed E-state index contributed by atoms with van der Waals surface area (Å²) in [7, 11) is 0. The van der Waals surface area contributed by atoms with Crippen molar-refractivity contribution in [3.05, 3.63) is 29.3 Å². The lowest BCUT2D eigenvalue weighted by molar-refractivity contribution is 0.0989. The van der Waals surface area contributed by atoms with Crippen molar-refractivity contribution in [3.63, 3.8) is 0 Å². The molecule has 1 aliphatic heterocycles. The van der Waals surface area contributed by atoms with Gasteiger partial charge in [0.15, 0.2) is 0 Å². The first-order valence-electron chi connectivity index (χ1n) is 5.84. The zero-order valence-electron chi connectivity index (χ0n) is 10.3. The molecule has 2 N–H and O–H groups in total. The van der Waals surface area contributed by atoms with E-state index in [0.29, 0.717) is 11.0 Å². The third-order valence-electron chi connectivity index (χ3n) is 3.16. The minimum Gasteiger partial charge on any atom is -0.389 e. The summed E-state index contributed by atoms with van der Waals surface area (Å²) in [5.41, 5.74) is 9.03. The first kappa shape index (κ1) is 12.3. The van der Waals surface area contributed by atoms with Crippen LogP contribution >= 0.6 is 12.2 Å². The number of benzene rings is 1. The Balaban J connectivity index is 2.29. The number of anilines is 1. The Morgan fingerprint density at radius 3 is 2.88 bits per heavy atom. The summed E-state index contributed by atoms with van der Waals surface area (Å²) < 4.78 is 5.45. The van der Waals surface area contributed by atoms with Gasteiger partial charge >= 0.3 is 0 Å². The van der Waals surface area contributed by atoms with Crippen LogP contribution in [0.2, 0.25) is 0 Å². The van der Waals surface area contributed by atoms with Gasteiger partial charge < -0.3 is 15.4 Å². The van der Waals surface area contributed by atoms with Gasteiger partial charge in [0.1, 0.15) is 4.99 Å². The Labute approximate surface area is 108 Å². The number of aryl methyl sites for hydroxylation is 1. The van der Waals surface area contributed by atoms with Crippen molar-refractivity contribution < 1.29 is 4.74 Å². The van der Waals surface area contributed by atoms with E-state index in [9.17, 15) is 0 Å². The maximum atomic E-state index is 5.64. The Morgan fingerprint density at radius 1 is 1.53 bits per heavy atom. The number of thiocarbonyl (C=S) groups is 1. The van der Waals surface area contributed by atoms with Crippen molar-refractivity contribution in [3.8, 4) is 0 Å². The van der Waals surface area contributed by atoms with Crippen molar-refractivity contribution >= 4 is 22.9 Å². The van der Waals surface area contributed by atoms with E-state index >= 15 is 0 Å². The Kier molecular flexibility index (Phi) is 3.64. The number of morpholine rings is 1. The van der Waals surface area contributed by atoms with Crippen LogP contribution < -0.4 is 10.6 Å². The molecule has 1 aliphatic rings. The van der Waals surface area contributed by atoms with E-state index in [1.165, 1.54) is 11.3 Å². The van der Waals surface area contributed by atoms with Crippen LogP contribution in [0, 0.1) is 6.92 Å². The Morgan fingerprint density at radius 2 is 2.29 bits per heavy atom. The summed E-state index contributed by atoms with van der Waals surface area (Å²) in [4.78, 5) is 2.83. The highest BCUT2D eigenvalue weighted by atomic mass is 32.1. The third kappa shape index (κ3) is 2.58. The fourth-order valence-corrected chi connectivity index (χ4v) is 2.34. The summed E-state index contributed by atoms with van der Waals surface area (Å²) in [6.45, 7) is 6.80. The van der Waals surface area contributed by atoms with Gasteiger partial charge in [0.2, 0.25) is 0 Å². The minimum absolute atomic E-state index is 0.415. The molecule has 1 fully saturated rings. The average Bonchev–Trinajstić information content (AvgIpc) is 2.30. The number of nitrogens with zero attached hydrogens (tertiary/aromatic N) is 1. The molecule has 1 unspecified atom stereocenters. The highest BCUT2D eigenvalue weighted by Crippen LogP contribution is 2.24. The molecule has 0 aromatic heterocycles. The first-order valence-corrected chi connectivity index (χ1v) is 6.25. The number of nitrogens with two attached hydrogens (primary N) is 1. The molecule has 0 amide bonds. The van der Waals surface area contributed by atoms with Crippen LogP contribution in [0.3, 0.4) is 0 Å². The maximum absolute atomic E-state index is 5.64. The highest BCUT2D eigenvalue weighted by molar-refractivity contribution is 7.80. The topological polar surface area (TPSA) is 38.5 Å². The predicted octanol–water partition coefficient (Wildman–Crippen LogP) is 1.85. The van der Waals surface area contributed by atoms with Crippen LogP contribution in [0.25, 0.3) is 0 Å². The summed E-state index contributed by atoms with van der Waals surface area (Å²) in [5, 5.41) is 0. The molecule has 1 aromatic rings. The van der Waals surface area contributed by atoms with Gasteiger partial charge in [-0.05, 0) is 37.6 Å². The van der Waals surface area contributed by atoms with Crippen molar-refractivity contribution in [1.29, 1.82) is 0 Å². The van der Waals surface area contributed by atoms with Crippen molar-refractivity contribution in [2.45, 2.75) is 19.9 Å². The van der Waals surface area contributed by atoms with Crippen molar-refractivity contribution in [2.75, 3.05) is 24.7 Å². The smallest absolute Gasteiger partial charge is 0.103 e. The molecule has 0 aliphatic carbocycles. The van der Waals surface area contributed by atoms with Crippen LogP contribution in [-0.4, -0.2) is 30.8 Å². The van der Waals surface area contributed by atoms with E-state index in [-0.39, 0.29) is 0 Å². The molecule has 4 heteroatoms. The number of hydrogen-bond acceptors (Lipinski definition) is 3. The molecule has 1 heterocycles. The Bertz CT molecular complexity index is 433. The van der Waals surface area contributed by atoms with E-state index in [0.717, 1.165) is 25.3 Å². The highest BCUT2D eigenvalue weighted by Gasteiger charge is 2.20. The Hall–Kier alpha value is -1.13. The summed E-state index contributed by atoms with van der Waals surface area (Å²) in [6.07, 6.45) is 0. The molecule has 2 rings (SSSR count). The second-order valence-electron chi connectivity index (χ2n) is 4.48. The van der Waals surface area contributed by atoms with Crippen molar-refractivity contribution in [2.24, 2.45) is 5.73 Å². The number of rotatable bonds is 2. The molecule has 3 nitrogen and oxygen atoms in total. The summed E-state index contributed by atoms with van der Waals surface area (Å²) in [5.74, 6) is 0. The summed E-state index contributed by atoms with van der Waals surface area (Å²) >= 11 is 4.99. The van der Waals surface area contributed by atoms with Gasteiger partial charge in [0.05, 0.1) is 13.2 Å². The third-order valence-corrected chi connectivity index (χ3v) is 3.39. The van der Waals surface area contributed by atoms with Gasteiger partial charge in [-0.15, -0.1) is 0 Å². The summed E-state index contributed by atoms with van der Waals surface area (Å²) in [6, 6.07) is 6.57. The molecule has 1 atom stereocenters. The number of hydrogen-bond donors (Lipinski definition) is 1. The van der Waals surface area contributed by atoms with Crippen LogP contribution in [0.4, 0.5) is 5.69 Å². The minimum atomic E-state index is 0.415. The number of ether oxygens (including phenoxy) is 1. The maximum Gasteiger partial charge on any atom is 0.103 e. The van der Waals surface area contributed by atoms with Crippen LogP contribution in [0.15, 0.2) is 18.2 Å². The molecular formula is C13H18N2OS. The zero-order valence-corrected chi connectivity index (χ0v) is 11.1. The second-order valence-corrected chi connectivity index (χ2v) is 4.92. The molecule has 0 saturated carbocycles. The SMILES string of the molecule is Cc1cc(C(N)=S)ccc1N1CCOCC1C. The molecule has 17 heavy (non-hydrogen) atoms. The average molecular weight is 250 g/mol. The predicted molar refractivity (Wildman–Crippen MR) is 74.7 cm³/mol. The molecule has 1 aromatic carbocycles. The lowest BCUT2D eigenvalue weighted by atomic mass is 10.1. The van der Waals surface area contributed by atoms with E-state index in [1.54, 1.807) is 0 Å². The monoisotopic (exact) mass is 250 g/mol.